The monoisotopic (exact) mass is 254 g/mol. The number of nitrogens with zero attached hydrogens (tertiary/aromatic N) is 2. The zero-order chi connectivity index (χ0) is 10.3. The first-order chi connectivity index (χ1) is 6.61. The van der Waals surface area contributed by atoms with Gasteiger partial charge in [0.05, 0.1) is 11.9 Å². The second-order valence-corrected chi connectivity index (χ2v) is 4.21. The third kappa shape index (κ3) is 1.28. The maximum Gasteiger partial charge on any atom is 0.149 e. The molecule has 0 aliphatic carbocycles. The summed E-state index contributed by atoms with van der Waals surface area (Å²) in [6.07, 6.45) is 1.79. The van der Waals surface area contributed by atoms with Gasteiger partial charge in [-0.1, -0.05) is 22.9 Å². The lowest BCUT2D eigenvalue weighted by atomic mass is 10.0. The SMILES string of the molecule is CC1=C(Br)[C@H](C)c2cn[nH]c2C(N)=N1. The lowest BCUT2D eigenvalue weighted by Gasteiger charge is -2.08. The number of rotatable bonds is 0. The van der Waals surface area contributed by atoms with Crippen molar-refractivity contribution in [3.8, 4) is 0 Å². The highest BCUT2D eigenvalue weighted by atomic mass is 79.9. The quantitative estimate of drug-likeness (QED) is 0.743. The van der Waals surface area contributed by atoms with E-state index in [2.05, 4.69) is 38.0 Å². The molecule has 0 unspecified atom stereocenters. The number of aliphatic imine (C=N–C) groups is 1. The molecular weight excluding hydrogens is 244 g/mol. The number of fused-ring (bicyclic) bond motifs is 1. The second-order valence-electron chi connectivity index (χ2n) is 3.35. The molecule has 1 aliphatic heterocycles. The fraction of sp³-hybridized carbons (Fsp3) is 0.333. The molecule has 1 aromatic heterocycles. The van der Waals surface area contributed by atoms with Gasteiger partial charge in [-0.05, 0) is 6.92 Å². The Bertz CT molecular complexity index is 430. The van der Waals surface area contributed by atoms with E-state index in [9.17, 15) is 0 Å². The summed E-state index contributed by atoms with van der Waals surface area (Å²) < 4.78 is 1.06. The average molecular weight is 255 g/mol. The molecule has 2 heterocycles. The largest absolute Gasteiger partial charge is 0.382 e. The molecule has 0 saturated heterocycles. The van der Waals surface area contributed by atoms with Gasteiger partial charge in [0.1, 0.15) is 11.5 Å². The highest BCUT2D eigenvalue weighted by Gasteiger charge is 2.22. The van der Waals surface area contributed by atoms with Crippen LogP contribution < -0.4 is 5.73 Å². The Hall–Kier alpha value is -1.10. The minimum absolute atomic E-state index is 0.244. The summed E-state index contributed by atoms with van der Waals surface area (Å²) >= 11 is 3.53. The molecule has 0 radical (unpaired) electrons. The Labute approximate surface area is 90.4 Å². The zero-order valence-corrected chi connectivity index (χ0v) is 9.59. The summed E-state index contributed by atoms with van der Waals surface area (Å²) in [5.41, 5.74) is 8.65. The van der Waals surface area contributed by atoms with E-state index in [1.54, 1.807) is 6.20 Å². The van der Waals surface area contributed by atoms with E-state index in [1.807, 2.05) is 6.92 Å². The number of nitrogens with two attached hydrogens (primary N) is 1. The summed E-state index contributed by atoms with van der Waals surface area (Å²) in [5, 5.41) is 6.84. The summed E-state index contributed by atoms with van der Waals surface area (Å²) in [4.78, 5) is 4.28. The third-order valence-corrected chi connectivity index (χ3v) is 3.67. The van der Waals surface area contributed by atoms with E-state index in [1.165, 1.54) is 0 Å². The molecule has 0 saturated carbocycles. The molecule has 1 aromatic rings. The molecule has 0 bridgehead atoms. The first-order valence-electron chi connectivity index (χ1n) is 4.35. The minimum atomic E-state index is 0.244. The molecule has 0 spiro atoms. The summed E-state index contributed by atoms with van der Waals surface area (Å²) in [5.74, 6) is 0.741. The minimum Gasteiger partial charge on any atom is -0.382 e. The number of hydrogen-bond donors (Lipinski definition) is 2. The number of allylic oxidation sites excluding steroid dienone is 2. The molecule has 0 fully saturated rings. The van der Waals surface area contributed by atoms with Crippen molar-refractivity contribution >= 4 is 21.8 Å². The number of amidine groups is 1. The first kappa shape index (κ1) is 9.45. The van der Waals surface area contributed by atoms with E-state index in [-0.39, 0.29) is 5.92 Å². The normalized spacial score (nSPS) is 21.6. The van der Waals surface area contributed by atoms with Crippen molar-refractivity contribution in [3.05, 3.63) is 27.6 Å². The molecule has 3 N–H and O–H groups in total. The molecule has 74 valence electrons. The van der Waals surface area contributed by atoms with Crippen LogP contribution in [0.15, 0.2) is 21.4 Å². The van der Waals surface area contributed by atoms with E-state index in [4.69, 9.17) is 5.73 Å². The van der Waals surface area contributed by atoms with Crippen molar-refractivity contribution in [3.63, 3.8) is 0 Å². The van der Waals surface area contributed by atoms with Gasteiger partial charge in [0.2, 0.25) is 0 Å². The second kappa shape index (κ2) is 3.24. The van der Waals surface area contributed by atoms with Gasteiger partial charge in [-0.3, -0.25) is 5.10 Å². The van der Waals surface area contributed by atoms with Crippen molar-refractivity contribution in [1.82, 2.24) is 10.2 Å². The molecule has 14 heavy (non-hydrogen) atoms. The lowest BCUT2D eigenvalue weighted by molar-refractivity contribution is 0.942. The van der Waals surface area contributed by atoms with Gasteiger partial charge in [-0.15, -0.1) is 0 Å². The van der Waals surface area contributed by atoms with Crippen LogP contribution >= 0.6 is 15.9 Å². The van der Waals surface area contributed by atoms with Gasteiger partial charge in [0, 0.05) is 16.0 Å². The number of hydrogen-bond acceptors (Lipinski definition) is 3. The van der Waals surface area contributed by atoms with Crippen molar-refractivity contribution in [1.29, 1.82) is 0 Å². The predicted octanol–water partition coefficient (Wildman–Crippen LogP) is 1.86. The van der Waals surface area contributed by atoms with Crippen LogP contribution in [0.25, 0.3) is 0 Å². The topological polar surface area (TPSA) is 67.1 Å². The summed E-state index contributed by atoms with van der Waals surface area (Å²) in [7, 11) is 0. The van der Waals surface area contributed by atoms with E-state index in [0.717, 1.165) is 21.4 Å². The van der Waals surface area contributed by atoms with Gasteiger partial charge in [0.15, 0.2) is 0 Å². The van der Waals surface area contributed by atoms with Crippen LogP contribution in [0.4, 0.5) is 0 Å². The third-order valence-electron chi connectivity index (χ3n) is 2.41. The van der Waals surface area contributed by atoms with Crippen molar-refractivity contribution in [2.24, 2.45) is 10.7 Å². The zero-order valence-electron chi connectivity index (χ0n) is 8.00. The van der Waals surface area contributed by atoms with Gasteiger partial charge >= 0.3 is 0 Å². The Balaban J connectivity index is 2.65. The van der Waals surface area contributed by atoms with E-state index < -0.39 is 0 Å². The predicted molar refractivity (Wildman–Crippen MR) is 59.4 cm³/mol. The van der Waals surface area contributed by atoms with Gasteiger partial charge in [-0.25, -0.2) is 4.99 Å². The van der Waals surface area contributed by atoms with E-state index >= 15 is 0 Å². The smallest absolute Gasteiger partial charge is 0.149 e. The molecule has 2 rings (SSSR count). The fourth-order valence-electron chi connectivity index (χ4n) is 1.57. The molecule has 0 aromatic carbocycles. The highest BCUT2D eigenvalue weighted by Crippen LogP contribution is 2.34. The fourth-order valence-corrected chi connectivity index (χ4v) is 1.90. The molecule has 0 amide bonds. The molecule has 1 aliphatic rings. The molecule has 5 heteroatoms. The Kier molecular flexibility index (Phi) is 2.19. The summed E-state index contributed by atoms with van der Waals surface area (Å²) in [6.45, 7) is 4.03. The number of H-pyrrole nitrogens is 1. The van der Waals surface area contributed by atoms with Gasteiger partial charge < -0.3 is 5.73 Å². The average Bonchev–Trinajstić information content (AvgIpc) is 2.60. The Morgan fingerprint density at radius 1 is 1.57 bits per heavy atom. The van der Waals surface area contributed by atoms with Crippen molar-refractivity contribution < 1.29 is 0 Å². The number of aromatic nitrogens is 2. The molecular formula is C9H11BrN4. The van der Waals surface area contributed by atoms with Gasteiger partial charge in [-0.2, -0.15) is 5.10 Å². The standard InChI is InChI=1S/C9H11BrN4/c1-4-6-3-12-14-8(6)9(11)13-5(2)7(4)10/h3-4H,1-2H3,(H2,11,13)(H,12,14)/t4-/m1/s1. The number of halogens is 1. The van der Waals surface area contributed by atoms with Crippen LogP contribution in [0, 0.1) is 0 Å². The van der Waals surface area contributed by atoms with Crippen LogP contribution in [-0.2, 0) is 0 Å². The van der Waals surface area contributed by atoms with Crippen molar-refractivity contribution in [2.75, 3.05) is 0 Å². The molecule has 4 nitrogen and oxygen atoms in total. The Morgan fingerprint density at radius 2 is 2.29 bits per heavy atom. The van der Waals surface area contributed by atoms with Gasteiger partial charge in [0.25, 0.3) is 0 Å². The van der Waals surface area contributed by atoms with Crippen molar-refractivity contribution in [2.45, 2.75) is 19.8 Å². The van der Waals surface area contributed by atoms with Crippen LogP contribution in [0.2, 0.25) is 0 Å². The number of aromatic amines is 1. The maximum atomic E-state index is 5.83. The number of nitrogens with one attached hydrogen (secondary N) is 1. The lowest BCUT2D eigenvalue weighted by Crippen LogP contribution is -2.15. The van der Waals surface area contributed by atoms with Crippen LogP contribution in [0.5, 0.6) is 0 Å². The first-order valence-corrected chi connectivity index (χ1v) is 5.14. The highest BCUT2D eigenvalue weighted by molar-refractivity contribution is 9.11. The molecule has 1 atom stereocenters. The Morgan fingerprint density at radius 3 is 3.00 bits per heavy atom. The van der Waals surface area contributed by atoms with Crippen LogP contribution in [0.3, 0.4) is 0 Å². The van der Waals surface area contributed by atoms with E-state index in [0.29, 0.717) is 5.84 Å². The van der Waals surface area contributed by atoms with Crippen LogP contribution in [-0.4, -0.2) is 16.0 Å². The maximum absolute atomic E-state index is 5.83. The summed E-state index contributed by atoms with van der Waals surface area (Å²) in [6, 6.07) is 0. The van der Waals surface area contributed by atoms with Crippen LogP contribution in [0.1, 0.15) is 31.0 Å².